The lowest BCUT2D eigenvalue weighted by Crippen LogP contribution is -2.22. The molecule has 1 heterocycles. The van der Waals surface area contributed by atoms with Crippen LogP contribution in [0.3, 0.4) is 0 Å². The third kappa shape index (κ3) is 4.50. The van der Waals surface area contributed by atoms with E-state index >= 15 is 0 Å². The van der Waals surface area contributed by atoms with Gasteiger partial charge in [0, 0.05) is 26.4 Å². The monoisotopic (exact) mass is 238 g/mol. The van der Waals surface area contributed by atoms with Gasteiger partial charge in [-0.3, -0.25) is 9.88 Å². The van der Waals surface area contributed by atoms with Crippen LogP contribution >= 0.6 is 0 Å². The van der Waals surface area contributed by atoms with Crippen molar-refractivity contribution in [2.45, 2.75) is 6.54 Å². The Bertz CT molecular complexity index is 351. The van der Waals surface area contributed by atoms with E-state index in [0.29, 0.717) is 12.2 Å². The lowest BCUT2D eigenvalue weighted by molar-refractivity contribution is 0.0600. The molecule has 0 aliphatic rings. The molecule has 0 N–H and O–H groups in total. The van der Waals surface area contributed by atoms with Crippen LogP contribution in [-0.2, 0) is 16.0 Å². The van der Waals surface area contributed by atoms with Gasteiger partial charge in [-0.05, 0) is 19.2 Å². The second kappa shape index (κ2) is 6.98. The normalized spacial score (nSPS) is 10.6. The van der Waals surface area contributed by atoms with Crippen LogP contribution in [0.15, 0.2) is 18.3 Å². The Kier molecular flexibility index (Phi) is 5.59. The zero-order chi connectivity index (χ0) is 12.7. The minimum atomic E-state index is -0.364. The molecule has 0 bridgehead atoms. The molecule has 5 nitrogen and oxygen atoms in total. The molecule has 0 saturated carbocycles. The molecular weight excluding hydrogens is 220 g/mol. The molecule has 17 heavy (non-hydrogen) atoms. The average Bonchev–Trinajstić information content (AvgIpc) is 2.36. The number of ether oxygens (including phenoxy) is 2. The third-order valence-electron chi connectivity index (χ3n) is 2.35. The van der Waals surface area contributed by atoms with E-state index in [1.54, 1.807) is 13.2 Å². The van der Waals surface area contributed by atoms with Gasteiger partial charge in [0.2, 0.25) is 0 Å². The smallest absolute Gasteiger partial charge is 0.339 e. The Morgan fingerprint density at radius 2 is 2.18 bits per heavy atom. The Balaban J connectivity index is 2.53. The minimum absolute atomic E-state index is 0.364. The topological polar surface area (TPSA) is 51.7 Å². The molecule has 0 fully saturated rings. The quantitative estimate of drug-likeness (QED) is 0.690. The number of carbonyl (C=O) groups excluding carboxylic acids is 1. The molecule has 1 aromatic rings. The van der Waals surface area contributed by atoms with E-state index in [2.05, 4.69) is 14.6 Å². The molecule has 5 heteroatoms. The molecule has 1 rings (SSSR count). The van der Waals surface area contributed by atoms with E-state index in [-0.39, 0.29) is 5.97 Å². The van der Waals surface area contributed by atoms with Gasteiger partial charge in [0.05, 0.1) is 25.0 Å². The molecule has 0 spiro atoms. The standard InChI is InChI=1S/C12H18N2O3/c1-14(6-7-16-2)9-11-5-4-10(8-13-11)12(15)17-3/h4-5,8H,6-7,9H2,1-3H3. The number of nitrogens with zero attached hydrogens (tertiary/aromatic N) is 2. The molecule has 0 saturated heterocycles. The first-order chi connectivity index (χ1) is 8.17. The van der Waals surface area contributed by atoms with Crippen LogP contribution in [0.1, 0.15) is 16.1 Å². The van der Waals surface area contributed by atoms with Crippen molar-refractivity contribution in [1.29, 1.82) is 0 Å². The molecule has 0 aliphatic carbocycles. The maximum Gasteiger partial charge on any atom is 0.339 e. The molecule has 0 atom stereocenters. The first kappa shape index (κ1) is 13.6. The summed E-state index contributed by atoms with van der Waals surface area (Å²) in [5.41, 5.74) is 1.38. The highest BCUT2D eigenvalue weighted by atomic mass is 16.5. The minimum Gasteiger partial charge on any atom is -0.465 e. The summed E-state index contributed by atoms with van der Waals surface area (Å²) < 4.78 is 9.60. The van der Waals surface area contributed by atoms with E-state index in [1.165, 1.54) is 13.3 Å². The van der Waals surface area contributed by atoms with Gasteiger partial charge in [-0.15, -0.1) is 0 Å². The maximum absolute atomic E-state index is 11.2. The van der Waals surface area contributed by atoms with E-state index in [9.17, 15) is 4.79 Å². The molecular formula is C12H18N2O3. The number of methoxy groups -OCH3 is 2. The fraction of sp³-hybridized carbons (Fsp3) is 0.500. The van der Waals surface area contributed by atoms with Crippen molar-refractivity contribution in [2.75, 3.05) is 34.4 Å². The van der Waals surface area contributed by atoms with Crippen LogP contribution in [0.4, 0.5) is 0 Å². The number of esters is 1. The average molecular weight is 238 g/mol. The van der Waals surface area contributed by atoms with E-state index in [4.69, 9.17) is 4.74 Å². The molecule has 1 aromatic heterocycles. The van der Waals surface area contributed by atoms with E-state index in [1.807, 2.05) is 13.1 Å². The van der Waals surface area contributed by atoms with Crippen LogP contribution in [0, 0.1) is 0 Å². The second-order valence-electron chi connectivity index (χ2n) is 3.76. The Morgan fingerprint density at radius 1 is 1.41 bits per heavy atom. The summed E-state index contributed by atoms with van der Waals surface area (Å²) in [5, 5.41) is 0. The van der Waals surface area contributed by atoms with Crippen LogP contribution in [0.5, 0.6) is 0 Å². The van der Waals surface area contributed by atoms with Gasteiger partial charge >= 0.3 is 5.97 Å². The van der Waals surface area contributed by atoms with Crippen molar-refractivity contribution in [3.05, 3.63) is 29.6 Å². The number of aromatic nitrogens is 1. The first-order valence-corrected chi connectivity index (χ1v) is 5.38. The summed E-state index contributed by atoms with van der Waals surface area (Å²) in [7, 11) is 5.03. The van der Waals surface area contributed by atoms with Gasteiger partial charge < -0.3 is 9.47 Å². The second-order valence-corrected chi connectivity index (χ2v) is 3.76. The molecule has 0 unspecified atom stereocenters. The number of pyridine rings is 1. The van der Waals surface area contributed by atoms with Gasteiger partial charge in [0.15, 0.2) is 0 Å². The number of hydrogen-bond acceptors (Lipinski definition) is 5. The van der Waals surface area contributed by atoms with Crippen LogP contribution in [0.2, 0.25) is 0 Å². The number of hydrogen-bond donors (Lipinski definition) is 0. The van der Waals surface area contributed by atoms with Gasteiger partial charge in [-0.1, -0.05) is 0 Å². The van der Waals surface area contributed by atoms with Gasteiger partial charge in [0.25, 0.3) is 0 Å². The molecule has 0 aliphatic heterocycles. The zero-order valence-electron chi connectivity index (χ0n) is 10.5. The highest BCUT2D eigenvalue weighted by molar-refractivity contribution is 5.88. The fourth-order valence-corrected chi connectivity index (χ4v) is 1.36. The van der Waals surface area contributed by atoms with Crippen molar-refractivity contribution in [2.24, 2.45) is 0 Å². The fourth-order valence-electron chi connectivity index (χ4n) is 1.36. The molecule has 0 amide bonds. The third-order valence-corrected chi connectivity index (χ3v) is 2.35. The molecule has 0 aromatic carbocycles. The molecule has 0 radical (unpaired) electrons. The van der Waals surface area contributed by atoms with Crippen molar-refractivity contribution < 1.29 is 14.3 Å². The zero-order valence-corrected chi connectivity index (χ0v) is 10.5. The largest absolute Gasteiger partial charge is 0.465 e. The SMILES string of the molecule is COCCN(C)Cc1ccc(C(=O)OC)cn1. The van der Waals surface area contributed by atoms with Gasteiger partial charge in [-0.2, -0.15) is 0 Å². The highest BCUT2D eigenvalue weighted by Gasteiger charge is 2.06. The van der Waals surface area contributed by atoms with E-state index in [0.717, 1.165) is 18.8 Å². The lowest BCUT2D eigenvalue weighted by Gasteiger charge is -2.15. The lowest BCUT2D eigenvalue weighted by atomic mass is 10.2. The predicted octanol–water partition coefficient (Wildman–Crippen LogP) is 0.946. The summed E-state index contributed by atoms with van der Waals surface area (Å²) >= 11 is 0. The summed E-state index contributed by atoms with van der Waals surface area (Å²) in [4.78, 5) is 17.5. The highest BCUT2D eigenvalue weighted by Crippen LogP contribution is 2.04. The first-order valence-electron chi connectivity index (χ1n) is 5.38. The summed E-state index contributed by atoms with van der Waals surface area (Å²) in [6, 6.07) is 3.55. The Hall–Kier alpha value is -1.46. The van der Waals surface area contributed by atoms with Crippen molar-refractivity contribution in [1.82, 2.24) is 9.88 Å². The number of carbonyl (C=O) groups is 1. The predicted molar refractivity (Wildman–Crippen MR) is 63.8 cm³/mol. The molecule has 94 valence electrons. The van der Waals surface area contributed by atoms with E-state index < -0.39 is 0 Å². The van der Waals surface area contributed by atoms with Crippen LogP contribution < -0.4 is 0 Å². The Morgan fingerprint density at radius 3 is 2.71 bits per heavy atom. The van der Waals surface area contributed by atoms with Crippen molar-refractivity contribution in [3.63, 3.8) is 0 Å². The summed E-state index contributed by atoms with van der Waals surface area (Å²) in [5.74, 6) is -0.364. The number of rotatable bonds is 6. The van der Waals surface area contributed by atoms with Crippen molar-refractivity contribution in [3.8, 4) is 0 Å². The maximum atomic E-state index is 11.2. The van der Waals surface area contributed by atoms with Crippen molar-refractivity contribution >= 4 is 5.97 Å². The van der Waals surface area contributed by atoms with Crippen LogP contribution in [-0.4, -0.2) is 50.3 Å². The van der Waals surface area contributed by atoms with Crippen LogP contribution in [0.25, 0.3) is 0 Å². The summed E-state index contributed by atoms with van der Waals surface area (Å²) in [6.45, 7) is 2.26. The van der Waals surface area contributed by atoms with Gasteiger partial charge in [-0.25, -0.2) is 4.79 Å². The summed E-state index contributed by atoms with van der Waals surface area (Å²) in [6.07, 6.45) is 1.53. The Labute approximate surface area is 101 Å². The van der Waals surface area contributed by atoms with Gasteiger partial charge in [0.1, 0.15) is 0 Å². The number of likely N-dealkylation sites (N-methyl/N-ethyl adjacent to an activating group) is 1.